The van der Waals surface area contributed by atoms with Crippen molar-refractivity contribution in [1.29, 1.82) is 0 Å². The number of carbonyl (C=O) groups is 2. The van der Waals surface area contributed by atoms with Gasteiger partial charge in [-0.25, -0.2) is 9.37 Å². The monoisotopic (exact) mass is 524 g/mol. The standard InChI is InChI=1S/C30H29FN6O2/c31-24-9-8-19(30(39)35-22-6-2-1-3-7-22)15-23(24)26-11-10-25(33)29(36-26)28(38)16-20-17-34-13-12-27(20)37-14-4-5-21(32)18-37/h1-3,6-13,15,17,21H,4-5,14,16,18,32-33H2,(H,35,39)/t21-/m0/s1. The zero-order chi connectivity index (χ0) is 27.4. The molecule has 9 heteroatoms. The molecule has 0 bridgehead atoms. The summed E-state index contributed by atoms with van der Waals surface area (Å²) in [6, 6.07) is 18.0. The van der Waals surface area contributed by atoms with E-state index in [9.17, 15) is 14.0 Å². The number of hydrogen-bond donors (Lipinski definition) is 3. The van der Waals surface area contributed by atoms with Crippen molar-refractivity contribution in [2.45, 2.75) is 25.3 Å². The molecule has 2 aromatic carbocycles. The normalized spacial score (nSPS) is 15.1. The lowest BCUT2D eigenvalue weighted by Gasteiger charge is -2.33. The first-order valence-corrected chi connectivity index (χ1v) is 12.8. The number of ketones is 1. The molecule has 1 atom stereocenters. The van der Waals surface area contributed by atoms with Crippen molar-refractivity contribution < 1.29 is 14.0 Å². The van der Waals surface area contributed by atoms with E-state index in [0.717, 1.165) is 30.6 Å². The Morgan fingerprint density at radius 1 is 1.08 bits per heavy atom. The maximum atomic E-state index is 14.9. The number of pyridine rings is 2. The van der Waals surface area contributed by atoms with E-state index in [1.165, 1.54) is 30.3 Å². The highest BCUT2D eigenvalue weighted by atomic mass is 19.1. The average Bonchev–Trinajstić information content (AvgIpc) is 2.94. The second-order valence-electron chi connectivity index (χ2n) is 9.60. The molecule has 2 aromatic heterocycles. The molecule has 5 N–H and O–H groups in total. The average molecular weight is 525 g/mol. The molecule has 0 radical (unpaired) electrons. The van der Waals surface area contributed by atoms with Crippen LogP contribution in [0.5, 0.6) is 0 Å². The minimum absolute atomic E-state index is 0.0254. The predicted molar refractivity (Wildman–Crippen MR) is 150 cm³/mol. The summed E-state index contributed by atoms with van der Waals surface area (Å²) in [5.41, 5.74) is 15.4. The van der Waals surface area contributed by atoms with Gasteiger partial charge in [-0.05, 0) is 61.4 Å². The van der Waals surface area contributed by atoms with Gasteiger partial charge in [0.15, 0.2) is 5.78 Å². The van der Waals surface area contributed by atoms with Crippen LogP contribution in [0.15, 0.2) is 79.1 Å². The summed E-state index contributed by atoms with van der Waals surface area (Å²) in [6.45, 7) is 1.55. The number of nitrogen functional groups attached to an aromatic ring is 1. The largest absolute Gasteiger partial charge is 0.397 e. The number of rotatable bonds is 7. The van der Waals surface area contributed by atoms with E-state index in [1.54, 1.807) is 36.7 Å². The number of nitrogens with zero attached hydrogens (tertiary/aromatic N) is 3. The first kappa shape index (κ1) is 26.0. The summed E-state index contributed by atoms with van der Waals surface area (Å²) in [5.74, 6) is -1.28. The van der Waals surface area contributed by atoms with Gasteiger partial charge in [-0.3, -0.25) is 14.6 Å². The third kappa shape index (κ3) is 5.94. The van der Waals surface area contributed by atoms with Crippen LogP contribution in [0.1, 0.15) is 39.3 Å². The maximum absolute atomic E-state index is 14.9. The van der Waals surface area contributed by atoms with E-state index in [4.69, 9.17) is 11.5 Å². The second-order valence-corrected chi connectivity index (χ2v) is 9.60. The van der Waals surface area contributed by atoms with Crippen LogP contribution < -0.4 is 21.7 Å². The first-order chi connectivity index (χ1) is 18.9. The van der Waals surface area contributed by atoms with Gasteiger partial charge >= 0.3 is 0 Å². The Labute approximate surface area is 225 Å². The van der Waals surface area contributed by atoms with Gasteiger partial charge < -0.3 is 21.7 Å². The molecule has 1 aliphatic heterocycles. The van der Waals surface area contributed by atoms with E-state index >= 15 is 0 Å². The SMILES string of the molecule is Nc1ccc(-c2cc(C(=O)Nc3ccccc3)ccc2F)nc1C(=O)Cc1cnccc1N1CCC[C@H](N)C1. The summed E-state index contributed by atoms with van der Waals surface area (Å²) in [7, 11) is 0. The van der Waals surface area contributed by atoms with Crippen molar-refractivity contribution in [3.05, 3.63) is 102 Å². The molecule has 8 nitrogen and oxygen atoms in total. The summed E-state index contributed by atoms with van der Waals surface area (Å²) >= 11 is 0. The molecular formula is C30H29FN6O2. The highest BCUT2D eigenvalue weighted by Gasteiger charge is 2.22. The quantitative estimate of drug-likeness (QED) is 0.304. The minimum Gasteiger partial charge on any atom is -0.397 e. The number of hydrogen-bond acceptors (Lipinski definition) is 7. The fourth-order valence-corrected chi connectivity index (χ4v) is 4.78. The van der Waals surface area contributed by atoms with Crippen molar-refractivity contribution in [2.24, 2.45) is 5.73 Å². The smallest absolute Gasteiger partial charge is 0.255 e. The Hall–Kier alpha value is -4.63. The predicted octanol–water partition coefficient (Wildman–Crippen LogP) is 4.47. The summed E-state index contributed by atoms with van der Waals surface area (Å²) in [6.07, 6.45) is 5.33. The molecule has 4 aromatic rings. The van der Waals surface area contributed by atoms with Gasteiger partial charge in [-0.15, -0.1) is 0 Å². The van der Waals surface area contributed by atoms with Gasteiger partial charge in [0.2, 0.25) is 0 Å². The Morgan fingerprint density at radius 2 is 1.90 bits per heavy atom. The van der Waals surface area contributed by atoms with Gasteiger partial charge in [0.25, 0.3) is 5.91 Å². The highest BCUT2D eigenvalue weighted by Crippen LogP contribution is 2.28. The molecule has 1 amide bonds. The van der Waals surface area contributed by atoms with Crippen LogP contribution in [0.4, 0.5) is 21.5 Å². The first-order valence-electron chi connectivity index (χ1n) is 12.8. The highest BCUT2D eigenvalue weighted by molar-refractivity contribution is 6.05. The number of piperidine rings is 1. The van der Waals surface area contributed by atoms with Crippen LogP contribution in [0.3, 0.4) is 0 Å². The van der Waals surface area contributed by atoms with Crippen molar-refractivity contribution >= 4 is 28.8 Å². The molecule has 0 unspecified atom stereocenters. The van der Waals surface area contributed by atoms with Crippen LogP contribution in [0, 0.1) is 5.82 Å². The van der Waals surface area contributed by atoms with Crippen molar-refractivity contribution in [1.82, 2.24) is 9.97 Å². The zero-order valence-electron chi connectivity index (χ0n) is 21.3. The molecule has 1 saturated heterocycles. The van der Waals surface area contributed by atoms with Crippen LogP contribution in [0.2, 0.25) is 0 Å². The van der Waals surface area contributed by atoms with E-state index in [0.29, 0.717) is 12.2 Å². The number of halogens is 1. The van der Waals surface area contributed by atoms with Crippen LogP contribution in [-0.2, 0) is 6.42 Å². The fraction of sp³-hybridized carbons (Fsp3) is 0.200. The second kappa shape index (κ2) is 11.4. The number of amides is 1. The molecule has 198 valence electrons. The van der Waals surface area contributed by atoms with Crippen LogP contribution >= 0.6 is 0 Å². The van der Waals surface area contributed by atoms with Crippen LogP contribution in [-0.4, -0.2) is 40.8 Å². The topological polar surface area (TPSA) is 127 Å². The van der Waals surface area contributed by atoms with E-state index < -0.39 is 11.7 Å². The molecule has 0 spiro atoms. The summed E-state index contributed by atoms with van der Waals surface area (Å²) in [5, 5.41) is 2.78. The lowest BCUT2D eigenvalue weighted by Crippen LogP contribution is -2.43. The van der Waals surface area contributed by atoms with Crippen LogP contribution in [0.25, 0.3) is 11.3 Å². The van der Waals surface area contributed by atoms with Crippen molar-refractivity contribution in [2.75, 3.05) is 29.0 Å². The van der Waals surface area contributed by atoms with E-state index in [-0.39, 0.29) is 46.4 Å². The van der Waals surface area contributed by atoms with E-state index in [2.05, 4.69) is 20.2 Å². The molecule has 39 heavy (non-hydrogen) atoms. The Morgan fingerprint density at radius 3 is 2.69 bits per heavy atom. The fourth-order valence-electron chi connectivity index (χ4n) is 4.78. The van der Waals surface area contributed by atoms with Gasteiger partial charge in [0.05, 0.1) is 11.4 Å². The lowest BCUT2D eigenvalue weighted by atomic mass is 10.0. The number of nitrogens with one attached hydrogen (secondary N) is 1. The maximum Gasteiger partial charge on any atom is 0.255 e. The number of aromatic nitrogens is 2. The minimum atomic E-state index is -0.571. The van der Waals surface area contributed by atoms with Crippen molar-refractivity contribution in [3.63, 3.8) is 0 Å². The molecule has 5 rings (SSSR count). The molecule has 1 aliphatic rings. The molecular weight excluding hydrogens is 495 g/mol. The number of benzene rings is 2. The Kier molecular flexibility index (Phi) is 7.60. The molecule has 3 heterocycles. The zero-order valence-corrected chi connectivity index (χ0v) is 21.3. The summed E-state index contributed by atoms with van der Waals surface area (Å²) in [4.78, 5) is 37.0. The van der Waals surface area contributed by atoms with Gasteiger partial charge in [-0.2, -0.15) is 0 Å². The van der Waals surface area contributed by atoms with Gasteiger partial charge in [-0.1, -0.05) is 18.2 Å². The number of anilines is 3. The Balaban J connectivity index is 1.40. The number of carbonyl (C=O) groups excluding carboxylic acids is 2. The lowest BCUT2D eigenvalue weighted by molar-refractivity contribution is 0.0987. The number of para-hydroxylation sites is 1. The third-order valence-corrected chi connectivity index (χ3v) is 6.75. The number of nitrogens with two attached hydrogens (primary N) is 2. The summed E-state index contributed by atoms with van der Waals surface area (Å²) < 4.78 is 14.9. The van der Waals surface area contributed by atoms with Crippen molar-refractivity contribution in [3.8, 4) is 11.3 Å². The van der Waals surface area contributed by atoms with Gasteiger partial charge in [0.1, 0.15) is 11.5 Å². The number of Topliss-reactive ketones (excluding diaryl/α,β-unsaturated/α-hetero) is 1. The van der Waals surface area contributed by atoms with Gasteiger partial charge in [0, 0.05) is 66.0 Å². The molecule has 0 saturated carbocycles. The third-order valence-electron chi connectivity index (χ3n) is 6.75. The molecule has 1 fully saturated rings. The Bertz CT molecular complexity index is 1510. The van der Waals surface area contributed by atoms with E-state index in [1.807, 2.05) is 12.1 Å². The molecule has 0 aliphatic carbocycles.